The van der Waals surface area contributed by atoms with Crippen molar-refractivity contribution < 1.29 is 14.7 Å². The Balaban J connectivity index is 2.37. The summed E-state index contributed by atoms with van der Waals surface area (Å²) in [5, 5.41) is 11.9. The minimum Gasteiger partial charge on any atom is -0.481 e. The third kappa shape index (κ3) is 6.82. The Hall–Kier alpha value is -1.26. The monoisotopic (exact) mass is 298 g/mol. The van der Waals surface area contributed by atoms with E-state index in [1.807, 2.05) is 4.90 Å². The van der Waals surface area contributed by atoms with E-state index in [0.29, 0.717) is 12.5 Å². The Morgan fingerprint density at radius 1 is 1.29 bits per heavy atom. The number of hydrogen-bond acceptors (Lipinski definition) is 2. The lowest BCUT2D eigenvalue weighted by molar-refractivity contribution is -0.138. The van der Waals surface area contributed by atoms with E-state index in [2.05, 4.69) is 26.1 Å². The normalized spacial score (nSPS) is 17.8. The van der Waals surface area contributed by atoms with Crippen LogP contribution in [0.4, 0.5) is 4.79 Å². The Morgan fingerprint density at radius 3 is 2.38 bits per heavy atom. The van der Waals surface area contributed by atoms with Crippen molar-refractivity contribution in [3.05, 3.63) is 0 Å². The molecule has 21 heavy (non-hydrogen) atoms. The number of amides is 2. The molecular formula is C16H30N2O3. The summed E-state index contributed by atoms with van der Waals surface area (Å²) in [6, 6.07) is -0.0382. The molecule has 0 saturated carbocycles. The molecule has 1 rings (SSSR count). The molecule has 0 radical (unpaired) electrons. The molecule has 1 saturated heterocycles. The van der Waals surface area contributed by atoms with Crippen LogP contribution in [0.5, 0.6) is 0 Å². The number of piperidine rings is 1. The van der Waals surface area contributed by atoms with Gasteiger partial charge in [-0.3, -0.25) is 4.79 Å². The highest BCUT2D eigenvalue weighted by Crippen LogP contribution is 2.20. The summed E-state index contributed by atoms with van der Waals surface area (Å²) in [5.41, 5.74) is 0. The number of urea groups is 1. The lowest BCUT2D eigenvalue weighted by atomic mass is 9.94. The first-order chi connectivity index (χ1) is 9.92. The van der Waals surface area contributed by atoms with Crippen molar-refractivity contribution >= 4 is 12.0 Å². The van der Waals surface area contributed by atoms with Gasteiger partial charge in [0.25, 0.3) is 0 Å². The zero-order chi connectivity index (χ0) is 15.8. The summed E-state index contributed by atoms with van der Waals surface area (Å²) in [4.78, 5) is 24.9. The van der Waals surface area contributed by atoms with E-state index in [9.17, 15) is 9.59 Å². The number of likely N-dealkylation sites (tertiary alicyclic amines) is 1. The van der Waals surface area contributed by atoms with Gasteiger partial charge in [0.15, 0.2) is 0 Å². The van der Waals surface area contributed by atoms with Crippen LogP contribution in [0.1, 0.15) is 52.9 Å². The van der Waals surface area contributed by atoms with E-state index in [1.165, 1.54) is 6.42 Å². The van der Waals surface area contributed by atoms with Crippen molar-refractivity contribution in [2.24, 2.45) is 17.8 Å². The number of carboxylic acid groups (broad SMARTS) is 1. The topological polar surface area (TPSA) is 69.6 Å². The van der Waals surface area contributed by atoms with Crippen LogP contribution in [0.3, 0.4) is 0 Å². The van der Waals surface area contributed by atoms with E-state index in [4.69, 9.17) is 5.11 Å². The van der Waals surface area contributed by atoms with Crippen LogP contribution < -0.4 is 5.32 Å². The lowest BCUT2D eigenvalue weighted by Crippen LogP contribution is -2.45. The number of carbonyl (C=O) groups excluding carboxylic acids is 1. The summed E-state index contributed by atoms with van der Waals surface area (Å²) in [5.74, 6) is 0.402. The first-order valence-corrected chi connectivity index (χ1v) is 8.16. The van der Waals surface area contributed by atoms with Gasteiger partial charge in [-0.25, -0.2) is 4.79 Å². The molecule has 1 unspecified atom stereocenters. The minimum atomic E-state index is -0.793. The molecule has 0 aliphatic carbocycles. The Morgan fingerprint density at radius 2 is 1.90 bits per heavy atom. The number of carboxylic acids is 1. The van der Waals surface area contributed by atoms with E-state index in [0.717, 1.165) is 38.3 Å². The molecular weight excluding hydrogens is 268 g/mol. The molecule has 0 aromatic heterocycles. The summed E-state index contributed by atoms with van der Waals surface area (Å²) in [6.45, 7) is 8.44. The summed E-state index contributed by atoms with van der Waals surface area (Å²) in [7, 11) is 0. The standard InChI is InChI=1S/C16H30N2O3/c1-4-13-5-7-18(8-6-13)16(21)17-11-14(9-12(2)3)10-15(19)20/h12-14H,4-11H2,1-3H3,(H,17,21)(H,19,20). The van der Waals surface area contributed by atoms with Crippen LogP contribution in [0.15, 0.2) is 0 Å². The molecule has 5 nitrogen and oxygen atoms in total. The molecule has 122 valence electrons. The first kappa shape index (κ1) is 17.8. The fourth-order valence-electron chi connectivity index (χ4n) is 3.04. The van der Waals surface area contributed by atoms with Gasteiger partial charge in [-0.15, -0.1) is 0 Å². The molecule has 2 amide bonds. The SMILES string of the molecule is CCC1CCN(C(=O)NCC(CC(=O)O)CC(C)C)CC1. The molecule has 0 aromatic carbocycles. The highest BCUT2D eigenvalue weighted by Gasteiger charge is 2.23. The van der Waals surface area contributed by atoms with E-state index in [1.54, 1.807) is 0 Å². The molecule has 1 heterocycles. The van der Waals surface area contributed by atoms with E-state index >= 15 is 0 Å². The molecule has 2 N–H and O–H groups in total. The second-order valence-corrected chi connectivity index (χ2v) is 6.62. The molecule has 0 aromatic rings. The van der Waals surface area contributed by atoms with E-state index < -0.39 is 5.97 Å². The maximum atomic E-state index is 12.1. The number of hydrogen-bond donors (Lipinski definition) is 2. The van der Waals surface area contributed by atoms with Gasteiger partial charge in [0.2, 0.25) is 0 Å². The predicted molar refractivity (Wildman–Crippen MR) is 83.2 cm³/mol. The van der Waals surface area contributed by atoms with Crippen molar-refractivity contribution in [2.75, 3.05) is 19.6 Å². The Kier molecular flexibility index (Phi) is 7.54. The van der Waals surface area contributed by atoms with Gasteiger partial charge >= 0.3 is 12.0 Å². The van der Waals surface area contributed by atoms with Gasteiger partial charge in [0.05, 0.1) is 0 Å². The quantitative estimate of drug-likeness (QED) is 0.759. The van der Waals surface area contributed by atoms with Crippen molar-refractivity contribution in [3.8, 4) is 0 Å². The van der Waals surface area contributed by atoms with Crippen molar-refractivity contribution in [1.29, 1.82) is 0 Å². The largest absolute Gasteiger partial charge is 0.481 e. The highest BCUT2D eigenvalue weighted by molar-refractivity contribution is 5.74. The van der Waals surface area contributed by atoms with Crippen molar-refractivity contribution in [2.45, 2.75) is 52.9 Å². The fraction of sp³-hybridized carbons (Fsp3) is 0.875. The number of nitrogens with zero attached hydrogens (tertiary/aromatic N) is 1. The summed E-state index contributed by atoms with van der Waals surface area (Å²) in [6.07, 6.45) is 4.29. The smallest absolute Gasteiger partial charge is 0.317 e. The van der Waals surface area contributed by atoms with Gasteiger partial charge < -0.3 is 15.3 Å². The molecule has 1 aliphatic rings. The molecule has 0 spiro atoms. The molecule has 1 aliphatic heterocycles. The van der Waals surface area contributed by atoms with E-state index in [-0.39, 0.29) is 18.4 Å². The Labute approximate surface area is 128 Å². The van der Waals surface area contributed by atoms with Crippen LogP contribution in [-0.2, 0) is 4.79 Å². The average Bonchev–Trinajstić information content (AvgIpc) is 2.43. The van der Waals surface area contributed by atoms with Crippen LogP contribution >= 0.6 is 0 Å². The van der Waals surface area contributed by atoms with Gasteiger partial charge in [-0.2, -0.15) is 0 Å². The van der Waals surface area contributed by atoms with Crippen LogP contribution in [0, 0.1) is 17.8 Å². The fourth-order valence-corrected chi connectivity index (χ4v) is 3.04. The number of carbonyl (C=O) groups is 2. The van der Waals surface area contributed by atoms with Crippen molar-refractivity contribution in [1.82, 2.24) is 10.2 Å². The van der Waals surface area contributed by atoms with Crippen molar-refractivity contribution in [3.63, 3.8) is 0 Å². The number of aliphatic carboxylic acids is 1. The molecule has 0 bridgehead atoms. The zero-order valence-corrected chi connectivity index (χ0v) is 13.6. The zero-order valence-electron chi connectivity index (χ0n) is 13.6. The first-order valence-electron chi connectivity index (χ1n) is 8.16. The maximum Gasteiger partial charge on any atom is 0.317 e. The summed E-state index contributed by atoms with van der Waals surface area (Å²) < 4.78 is 0. The van der Waals surface area contributed by atoms with Crippen LogP contribution in [-0.4, -0.2) is 41.6 Å². The molecule has 1 atom stereocenters. The average molecular weight is 298 g/mol. The predicted octanol–water partition coefficient (Wildman–Crippen LogP) is 2.96. The second-order valence-electron chi connectivity index (χ2n) is 6.62. The Bertz CT molecular complexity index is 336. The van der Waals surface area contributed by atoms with Gasteiger partial charge in [0, 0.05) is 26.1 Å². The summed E-state index contributed by atoms with van der Waals surface area (Å²) >= 11 is 0. The second kappa shape index (κ2) is 8.90. The van der Waals surface area contributed by atoms with Crippen LogP contribution in [0.2, 0.25) is 0 Å². The molecule has 1 fully saturated rings. The maximum absolute atomic E-state index is 12.1. The number of nitrogens with one attached hydrogen (secondary N) is 1. The highest BCUT2D eigenvalue weighted by atomic mass is 16.4. The lowest BCUT2D eigenvalue weighted by Gasteiger charge is -2.32. The van der Waals surface area contributed by atoms with Gasteiger partial charge in [-0.05, 0) is 37.0 Å². The van der Waals surface area contributed by atoms with Gasteiger partial charge in [0.1, 0.15) is 0 Å². The minimum absolute atomic E-state index is 0.0135. The third-order valence-corrected chi connectivity index (χ3v) is 4.29. The molecule has 5 heteroatoms. The number of rotatable bonds is 7. The van der Waals surface area contributed by atoms with Crippen LogP contribution in [0.25, 0.3) is 0 Å². The van der Waals surface area contributed by atoms with Gasteiger partial charge in [-0.1, -0.05) is 27.2 Å². The third-order valence-electron chi connectivity index (χ3n) is 4.29.